The Morgan fingerprint density at radius 3 is 2.71 bits per heavy atom. The van der Waals surface area contributed by atoms with Gasteiger partial charge < -0.3 is 10.1 Å². The van der Waals surface area contributed by atoms with E-state index >= 15 is 0 Å². The number of ether oxygens (including phenoxy) is 1. The second kappa shape index (κ2) is 5.45. The lowest BCUT2D eigenvalue weighted by molar-refractivity contribution is 0.128. The zero-order valence-corrected chi connectivity index (χ0v) is 10.8. The van der Waals surface area contributed by atoms with Gasteiger partial charge in [0.25, 0.3) is 0 Å². The van der Waals surface area contributed by atoms with Crippen LogP contribution in [0.5, 0.6) is 0 Å². The first-order valence-corrected chi connectivity index (χ1v) is 5.55. The summed E-state index contributed by atoms with van der Waals surface area (Å²) in [7, 11) is 1.86. The second-order valence-corrected chi connectivity index (χ2v) is 3.85. The molecule has 0 unspecified atom stereocenters. The van der Waals surface area contributed by atoms with Crippen LogP contribution in [-0.2, 0) is 11.3 Å². The van der Waals surface area contributed by atoms with Crippen LogP contribution in [0, 0.1) is 10.5 Å². The molecule has 1 rings (SSSR count). The summed E-state index contributed by atoms with van der Waals surface area (Å²) in [5.41, 5.74) is 0.986. The van der Waals surface area contributed by atoms with Crippen LogP contribution in [-0.4, -0.2) is 23.6 Å². The van der Waals surface area contributed by atoms with Gasteiger partial charge in [-0.2, -0.15) is 0 Å². The molecule has 0 fully saturated rings. The molecule has 4 nitrogen and oxygen atoms in total. The summed E-state index contributed by atoms with van der Waals surface area (Å²) in [6.45, 7) is 5.09. The lowest BCUT2D eigenvalue weighted by Crippen LogP contribution is -2.06. The highest BCUT2D eigenvalue weighted by molar-refractivity contribution is 14.1. The third kappa shape index (κ3) is 2.78. The molecule has 78 valence electrons. The standard InChI is InChI=1S/C9H14IN3O/c1-4-14-5-7-12-6(2)8(10)9(11-3)13-7/h4-5H2,1-3H3,(H,11,12,13). The van der Waals surface area contributed by atoms with Crippen LogP contribution in [0.25, 0.3) is 0 Å². The zero-order chi connectivity index (χ0) is 10.6. The summed E-state index contributed by atoms with van der Waals surface area (Å²) in [6.07, 6.45) is 0. The predicted octanol–water partition coefficient (Wildman–Crippen LogP) is 1.97. The summed E-state index contributed by atoms with van der Waals surface area (Å²) >= 11 is 2.23. The molecule has 1 N–H and O–H groups in total. The third-order valence-corrected chi connectivity index (χ3v) is 3.03. The molecule has 0 radical (unpaired) electrons. The fraction of sp³-hybridized carbons (Fsp3) is 0.556. The molecule has 0 aliphatic carbocycles. The Balaban J connectivity index is 2.91. The normalized spacial score (nSPS) is 10.3. The highest BCUT2D eigenvalue weighted by Gasteiger charge is 2.07. The second-order valence-electron chi connectivity index (χ2n) is 2.77. The van der Waals surface area contributed by atoms with E-state index in [4.69, 9.17) is 4.74 Å². The molecule has 0 amide bonds. The minimum atomic E-state index is 0.475. The van der Waals surface area contributed by atoms with E-state index in [9.17, 15) is 0 Å². The number of rotatable bonds is 4. The molecule has 0 spiro atoms. The van der Waals surface area contributed by atoms with Crippen molar-refractivity contribution in [2.24, 2.45) is 0 Å². The van der Waals surface area contributed by atoms with Crippen LogP contribution in [0.3, 0.4) is 0 Å². The molecule has 1 heterocycles. The quantitative estimate of drug-likeness (QED) is 0.864. The van der Waals surface area contributed by atoms with Crippen molar-refractivity contribution in [3.05, 3.63) is 15.1 Å². The van der Waals surface area contributed by atoms with E-state index in [1.807, 2.05) is 20.9 Å². The van der Waals surface area contributed by atoms with E-state index in [0.717, 1.165) is 20.9 Å². The maximum Gasteiger partial charge on any atom is 0.156 e. The highest BCUT2D eigenvalue weighted by Crippen LogP contribution is 2.17. The van der Waals surface area contributed by atoms with E-state index in [1.165, 1.54) is 0 Å². The molecule has 1 aromatic heterocycles. The van der Waals surface area contributed by atoms with Gasteiger partial charge in [-0.1, -0.05) is 0 Å². The minimum Gasteiger partial charge on any atom is -0.374 e. The van der Waals surface area contributed by atoms with Gasteiger partial charge in [0.1, 0.15) is 12.4 Å². The Kier molecular flexibility index (Phi) is 4.53. The van der Waals surface area contributed by atoms with Gasteiger partial charge in [0.05, 0.1) is 9.26 Å². The summed E-state index contributed by atoms with van der Waals surface area (Å²) < 4.78 is 6.32. The van der Waals surface area contributed by atoms with Gasteiger partial charge in [-0.15, -0.1) is 0 Å². The molecule has 1 aromatic rings. The van der Waals surface area contributed by atoms with Gasteiger partial charge in [0, 0.05) is 13.7 Å². The highest BCUT2D eigenvalue weighted by atomic mass is 127. The van der Waals surface area contributed by atoms with Crippen LogP contribution in [0.15, 0.2) is 0 Å². The largest absolute Gasteiger partial charge is 0.374 e. The average Bonchev–Trinajstić information content (AvgIpc) is 2.19. The van der Waals surface area contributed by atoms with Gasteiger partial charge in [-0.3, -0.25) is 0 Å². The number of halogens is 1. The Morgan fingerprint density at radius 1 is 1.43 bits per heavy atom. The summed E-state index contributed by atoms with van der Waals surface area (Å²) in [5.74, 6) is 1.60. The van der Waals surface area contributed by atoms with Gasteiger partial charge >= 0.3 is 0 Å². The van der Waals surface area contributed by atoms with E-state index in [1.54, 1.807) is 0 Å². The van der Waals surface area contributed by atoms with E-state index in [0.29, 0.717) is 13.2 Å². The van der Waals surface area contributed by atoms with Crippen LogP contribution in [0.2, 0.25) is 0 Å². The Labute approximate surface area is 97.6 Å². The molecule has 0 saturated heterocycles. The molecule has 0 atom stereocenters. The summed E-state index contributed by atoms with van der Waals surface area (Å²) in [5, 5.41) is 3.04. The Morgan fingerprint density at radius 2 is 2.14 bits per heavy atom. The lowest BCUT2D eigenvalue weighted by Gasteiger charge is -2.08. The molecular weight excluding hydrogens is 293 g/mol. The van der Waals surface area contributed by atoms with Crippen LogP contribution in [0.4, 0.5) is 5.82 Å². The van der Waals surface area contributed by atoms with Gasteiger partial charge in [0.2, 0.25) is 0 Å². The van der Waals surface area contributed by atoms with Gasteiger partial charge in [-0.25, -0.2) is 9.97 Å². The molecule has 0 saturated carbocycles. The topological polar surface area (TPSA) is 47.0 Å². The zero-order valence-electron chi connectivity index (χ0n) is 8.59. The Hall–Kier alpha value is -0.430. The third-order valence-electron chi connectivity index (χ3n) is 1.74. The van der Waals surface area contributed by atoms with Crippen LogP contribution >= 0.6 is 22.6 Å². The fourth-order valence-electron chi connectivity index (χ4n) is 1.04. The smallest absolute Gasteiger partial charge is 0.156 e. The fourth-order valence-corrected chi connectivity index (χ4v) is 1.55. The number of anilines is 1. The van der Waals surface area contributed by atoms with Gasteiger partial charge in [-0.05, 0) is 36.4 Å². The van der Waals surface area contributed by atoms with Crippen molar-refractivity contribution in [2.75, 3.05) is 19.0 Å². The summed E-state index contributed by atoms with van der Waals surface area (Å²) in [6, 6.07) is 0. The van der Waals surface area contributed by atoms with E-state index < -0.39 is 0 Å². The molecule has 0 bridgehead atoms. The van der Waals surface area contributed by atoms with Crippen molar-refractivity contribution >= 4 is 28.4 Å². The maximum atomic E-state index is 5.26. The first kappa shape index (κ1) is 11.6. The van der Waals surface area contributed by atoms with Crippen molar-refractivity contribution in [3.63, 3.8) is 0 Å². The Bertz CT molecular complexity index is 317. The number of aryl methyl sites for hydroxylation is 1. The SMILES string of the molecule is CCOCc1nc(C)c(I)c(NC)n1. The summed E-state index contributed by atoms with van der Waals surface area (Å²) in [4.78, 5) is 8.67. The number of nitrogens with zero attached hydrogens (tertiary/aromatic N) is 2. The van der Waals surface area contributed by atoms with Crippen molar-refractivity contribution in [2.45, 2.75) is 20.5 Å². The molecular formula is C9H14IN3O. The van der Waals surface area contributed by atoms with Crippen LogP contribution in [0.1, 0.15) is 18.4 Å². The van der Waals surface area contributed by atoms with E-state index in [-0.39, 0.29) is 0 Å². The molecule has 0 aliphatic rings. The lowest BCUT2D eigenvalue weighted by atomic mass is 10.4. The van der Waals surface area contributed by atoms with Crippen LogP contribution < -0.4 is 5.32 Å². The molecule has 0 aliphatic heterocycles. The molecule has 5 heteroatoms. The first-order chi connectivity index (χ1) is 6.69. The average molecular weight is 307 g/mol. The minimum absolute atomic E-state index is 0.475. The van der Waals surface area contributed by atoms with Crippen molar-refractivity contribution in [3.8, 4) is 0 Å². The first-order valence-electron chi connectivity index (χ1n) is 4.47. The number of nitrogens with one attached hydrogen (secondary N) is 1. The van der Waals surface area contributed by atoms with Crippen molar-refractivity contribution in [1.29, 1.82) is 0 Å². The number of aromatic nitrogens is 2. The number of hydrogen-bond acceptors (Lipinski definition) is 4. The predicted molar refractivity (Wildman–Crippen MR) is 64.4 cm³/mol. The number of hydrogen-bond donors (Lipinski definition) is 1. The van der Waals surface area contributed by atoms with Crippen molar-refractivity contribution in [1.82, 2.24) is 9.97 Å². The maximum absolute atomic E-state index is 5.26. The van der Waals surface area contributed by atoms with E-state index in [2.05, 4.69) is 37.9 Å². The van der Waals surface area contributed by atoms with Crippen molar-refractivity contribution < 1.29 is 4.74 Å². The molecule has 14 heavy (non-hydrogen) atoms. The molecule has 0 aromatic carbocycles. The monoisotopic (exact) mass is 307 g/mol. The van der Waals surface area contributed by atoms with Gasteiger partial charge in [0.15, 0.2) is 5.82 Å².